The third-order valence-electron chi connectivity index (χ3n) is 5.05. The number of sulfone groups is 1. The van der Waals surface area contributed by atoms with E-state index < -0.39 is 38.1 Å². The van der Waals surface area contributed by atoms with Crippen LogP contribution in [0.15, 0.2) is 41.3 Å². The number of nitrogens with one attached hydrogen (secondary N) is 2. The van der Waals surface area contributed by atoms with Gasteiger partial charge in [0.05, 0.1) is 28.7 Å². The first-order chi connectivity index (χ1) is 16.0. The average molecular weight is 495 g/mol. The van der Waals surface area contributed by atoms with Crippen LogP contribution in [0.4, 0.5) is 21.5 Å². The molecule has 1 saturated heterocycles. The molecule has 34 heavy (non-hydrogen) atoms. The normalized spacial score (nSPS) is 14.4. The van der Waals surface area contributed by atoms with Crippen LogP contribution < -0.4 is 10.6 Å². The Morgan fingerprint density at radius 3 is 2.50 bits per heavy atom. The van der Waals surface area contributed by atoms with Crippen LogP contribution >= 0.6 is 0 Å². The number of nitro groups is 1. The summed E-state index contributed by atoms with van der Waals surface area (Å²) in [7, 11) is -3.82. The Labute approximate surface area is 195 Å². The number of non-ortho nitro benzene ring substituents is 1. The molecular formula is C21H23FN4O7S. The SMILES string of the molecule is CS(=O)(=O)c1cc(C(=O)Nc2ccc(F)c(NC(=O)CCN3CCOCC3)c2)cc([N+](=O)[O-])c1. The van der Waals surface area contributed by atoms with Crippen molar-refractivity contribution in [1.29, 1.82) is 0 Å². The van der Waals surface area contributed by atoms with E-state index in [-0.39, 0.29) is 28.3 Å². The molecule has 0 unspecified atom stereocenters. The van der Waals surface area contributed by atoms with Gasteiger partial charge >= 0.3 is 0 Å². The molecule has 0 bridgehead atoms. The Kier molecular flexibility index (Phi) is 7.91. The van der Waals surface area contributed by atoms with E-state index in [9.17, 15) is 32.5 Å². The van der Waals surface area contributed by atoms with Gasteiger partial charge in [-0.2, -0.15) is 0 Å². The lowest BCUT2D eigenvalue weighted by Gasteiger charge is -2.26. The van der Waals surface area contributed by atoms with E-state index >= 15 is 0 Å². The number of anilines is 2. The van der Waals surface area contributed by atoms with Gasteiger partial charge in [0.15, 0.2) is 9.84 Å². The van der Waals surface area contributed by atoms with E-state index in [2.05, 4.69) is 15.5 Å². The van der Waals surface area contributed by atoms with Gasteiger partial charge in [-0.25, -0.2) is 12.8 Å². The summed E-state index contributed by atoms with van der Waals surface area (Å²) in [6.07, 6.45) is 1.000. The topological polar surface area (TPSA) is 148 Å². The molecule has 0 spiro atoms. The van der Waals surface area contributed by atoms with Crippen molar-refractivity contribution in [2.45, 2.75) is 11.3 Å². The number of rotatable bonds is 8. The van der Waals surface area contributed by atoms with E-state index in [1.165, 1.54) is 12.1 Å². The maximum atomic E-state index is 14.2. The van der Waals surface area contributed by atoms with Crippen LogP contribution in [0.1, 0.15) is 16.8 Å². The van der Waals surface area contributed by atoms with Gasteiger partial charge in [0.2, 0.25) is 5.91 Å². The zero-order valence-electron chi connectivity index (χ0n) is 18.2. The second-order valence-corrected chi connectivity index (χ2v) is 9.66. The third kappa shape index (κ3) is 6.79. The molecule has 1 fully saturated rings. The zero-order chi connectivity index (χ0) is 24.9. The number of carbonyl (C=O) groups excluding carboxylic acids is 2. The van der Waals surface area contributed by atoms with Gasteiger partial charge in [-0.05, 0) is 24.3 Å². The highest BCUT2D eigenvalue weighted by Crippen LogP contribution is 2.24. The van der Waals surface area contributed by atoms with Crippen molar-refractivity contribution in [2.75, 3.05) is 49.7 Å². The standard InChI is InChI=1S/C21H23FN4O7S/c1-34(31,32)17-11-14(10-16(13-17)26(29)30)21(28)23-15-2-3-18(22)19(12-15)24-20(27)4-5-25-6-8-33-9-7-25/h2-3,10-13H,4-9H2,1H3,(H,23,28)(H,24,27). The van der Waals surface area contributed by atoms with Crippen molar-refractivity contribution in [2.24, 2.45) is 0 Å². The van der Waals surface area contributed by atoms with E-state index in [4.69, 9.17) is 4.74 Å². The van der Waals surface area contributed by atoms with E-state index in [1.54, 1.807) is 0 Å². The van der Waals surface area contributed by atoms with Crippen molar-refractivity contribution in [3.63, 3.8) is 0 Å². The number of hydrogen-bond donors (Lipinski definition) is 2. The fourth-order valence-electron chi connectivity index (χ4n) is 3.23. The fraction of sp³-hybridized carbons (Fsp3) is 0.333. The molecule has 182 valence electrons. The number of nitro benzene ring substituents is 1. The van der Waals surface area contributed by atoms with Crippen molar-refractivity contribution >= 4 is 38.7 Å². The predicted octanol–water partition coefficient (Wildman–Crippen LogP) is 2.05. The lowest BCUT2D eigenvalue weighted by molar-refractivity contribution is -0.385. The van der Waals surface area contributed by atoms with Crippen LogP contribution in [0.25, 0.3) is 0 Å². The molecule has 0 radical (unpaired) electrons. The molecule has 2 N–H and O–H groups in total. The largest absolute Gasteiger partial charge is 0.379 e. The first-order valence-corrected chi connectivity index (χ1v) is 12.1. The highest BCUT2D eigenvalue weighted by molar-refractivity contribution is 7.90. The summed E-state index contributed by atoms with van der Waals surface area (Å²) >= 11 is 0. The second kappa shape index (κ2) is 10.7. The van der Waals surface area contributed by atoms with E-state index in [0.717, 1.165) is 30.5 Å². The molecule has 11 nitrogen and oxygen atoms in total. The molecule has 0 atom stereocenters. The molecule has 1 aliphatic heterocycles. The summed E-state index contributed by atoms with van der Waals surface area (Å²) in [6.45, 7) is 3.09. The van der Waals surface area contributed by atoms with E-state index in [0.29, 0.717) is 32.8 Å². The maximum Gasteiger partial charge on any atom is 0.271 e. The summed E-state index contributed by atoms with van der Waals surface area (Å²) < 4.78 is 43.1. The quantitative estimate of drug-likeness (QED) is 0.418. The van der Waals surface area contributed by atoms with Crippen LogP contribution in [-0.2, 0) is 19.4 Å². The van der Waals surface area contributed by atoms with Crippen molar-refractivity contribution in [3.05, 3.63) is 57.9 Å². The summed E-state index contributed by atoms with van der Waals surface area (Å²) in [5.41, 5.74) is -0.890. The maximum absolute atomic E-state index is 14.2. The molecule has 0 aliphatic carbocycles. The minimum absolute atomic E-state index is 0.0993. The number of benzene rings is 2. The lowest BCUT2D eigenvalue weighted by atomic mass is 10.1. The first kappa shape index (κ1) is 25.2. The zero-order valence-corrected chi connectivity index (χ0v) is 19.1. The smallest absolute Gasteiger partial charge is 0.271 e. The number of morpholine rings is 1. The molecule has 1 heterocycles. The fourth-order valence-corrected chi connectivity index (χ4v) is 3.91. The second-order valence-electron chi connectivity index (χ2n) is 7.65. The molecule has 13 heteroatoms. The summed E-state index contributed by atoms with van der Waals surface area (Å²) in [6, 6.07) is 6.29. The van der Waals surface area contributed by atoms with Gasteiger partial charge in [0, 0.05) is 55.7 Å². The van der Waals surface area contributed by atoms with Crippen molar-refractivity contribution in [1.82, 2.24) is 4.90 Å². The average Bonchev–Trinajstić information content (AvgIpc) is 2.79. The highest BCUT2D eigenvalue weighted by atomic mass is 32.2. The van der Waals surface area contributed by atoms with Crippen LogP contribution in [0.2, 0.25) is 0 Å². The van der Waals surface area contributed by atoms with Gasteiger partial charge in [0.1, 0.15) is 5.82 Å². The van der Waals surface area contributed by atoms with Crippen LogP contribution in [0.3, 0.4) is 0 Å². The van der Waals surface area contributed by atoms with E-state index in [1.807, 2.05) is 0 Å². The van der Waals surface area contributed by atoms with Crippen LogP contribution in [0.5, 0.6) is 0 Å². The number of ether oxygens (including phenoxy) is 1. The molecule has 2 amide bonds. The molecule has 2 aromatic rings. The molecule has 0 saturated carbocycles. The summed E-state index contributed by atoms with van der Waals surface area (Å²) in [5.74, 6) is -1.97. The Morgan fingerprint density at radius 1 is 1.15 bits per heavy atom. The van der Waals surface area contributed by atoms with Crippen LogP contribution in [0, 0.1) is 15.9 Å². The molecular weight excluding hydrogens is 471 g/mol. The number of hydrogen-bond acceptors (Lipinski definition) is 8. The van der Waals surface area contributed by atoms with Crippen LogP contribution in [-0.4, -0.2) is 69.2 Å². The van der Waals surface area contributed by atoms with Gasteiger partial charge in [0.25, 0.3) is 11.6 Å². The summed E-state index contributed by atoms with van der Waals surface area (Å²) in [5, 5.41) is 16.0. The monoisotopic (exact) mass is 494 g/mol. The van der Waals surface area contributed by atoms with Gasteiger partial charge in [-0.1, -0.05) is 0 Å². The predicted molar refractivity (Wildman–Crippen MR) is 121 cm³/mol. The van der Waals surface area contributed by atoms with Gasteiger partial charge in [-0.15, -0.1) is 0 Å². The van der Waals surface area contributed by atoms with Gasteiger partial charge < -0.3 is 15.4 Å². The minimum Gasteiger partial charge on any atom is -0.379 e. The minimum atomic E-state index is -3.82. The van der Waals surface area contributed by atoms with Crippen molar-refractivity contribution < 1.29 is 32.1 Å². The Hall–Kier alpha value is -3.42. The Balaban J connectivity index is 1.72. The molecule has 2 aromatic carbocycles. The van der Waals surface area contributed by atoms with Gasteiger partial charge in [-0.3, -0.25) is 24.6 Å². The Bertz CT molecular complexity index is 1210. The number of halogens is 1. The summed E-state index contributed by atoms with van der Waals surface area (Å²) in [4.78, 5) is 36.9. The lowest BCUT2D eigenvalue weighted by Crippen LogP contribution is -2.38. The number of nitrogens with zero attached hydrogens (tertiary/aromatic N) is 2. The van der Waals surface area contributed by atoms with Crippen molar-refractivity contribution in [3.8, 4) is 0 Å². The first-order valence-electron chi connectivity index (χ1n) is 10.2. The molecule has 0 aromatic heterocycles. The third-order valence-corrected chi connectivity index (χ3v) is 6.14. The molecule has 3 rings (SSSR count). The highest BCUT2D eigenvalue weighted by Gasteiger charge is 2.20. The Morgan fingerprint density at radius 2 is 1.85 bits per heavy atom. The number of carbonyl (C=O) groups is 2. The molecule has 1 aliphatic rings. The number of amides is 2.